The van der Waals surface area contributed by atoms with E-state index in [2.05, 4.69) is 49.5 Å². The Hall–Kier alpha value is 1.25. The molecule has 0 bridgehead atoms. The van der Waals surface area contributed by atoms with Crippen LogP contribution in [0.2, 0.25) is 44.1 Å². The third-order valence-corrected chi connectivity index (χ3v) is 15.6. The molecule has 11 heavy (non-hydrogen) atoms. The minimum atomic E-state index is -0.921. The molecule has 0 unspecified atom stereocenters. The Kier molecular flexibility index (Phi) is 6.00. The zero-order valence-corrected chi connectivity index (χ0v) is 12.1. The van der Waals surface area contributed by atoms with Crippen molar-refractivity contribution in [2.45, 2.75) is 44.1 Å². The summed E-state index contributed by atoms with van der Waals surface area (Å²) >= 11 is 0. The summed E-state index contributed by atoms with van der Waals surface area (Å²) in [7, 11) is 2.05. The summed E-state index contributed by atoms with van der Waals surface area (Å²) in [6, 6.07) is 0. The first-order valence-electron chi connectivity index (χ1n) is 3.87. The van der Waals surface area contributed by atoms with Gasteiger partial charge in [-0.1, -0.05) is 39.3 Å². The standard InChI is InChI=1S/C7H19Si3.Li/c1-9(2,3)7(8)10(4,5)6;/h7H,1-6H3;/q-1;+1. The molecule has 0 fully saturated rings. The normalized spacial score (nSPS) is 13.1. The Balaban J connectivity index is 0. The SMILES string of the molecule is C[Si](C)(C)C([Si-])[Si](C)(C)C.[Li+]. The fourth-order valence-corrected chi connectivity index (χ4v) is 11.7. The molecule has 60 valence electrons. The van der Waals surface area contributed by atoms with Crippen molar-refractivity contribution in [2.75, 3.05) is 0 Å². The van der Waals surface area contributed by atoms with Crippen LogP contribution >= 0.6 is 0 Å². The average molecular weight is 194 g/mol. The van der Waals surface area contributed by atoms with Crippen molar-refractivity contribution in [2.24, 2.45) is 0 Å². The van der Waals surface area contributed by atoms with Gasteiger partial charge in [0.05, 0.1) is 0 Å². The summed E-state index contributed by atoms with van der Waals surface area (Å²) in [6.45, 7) is 14.6. The van der Waals surface area contributed by atoms with Gasteiger partial charge in [0.15, 0.2) is 0 Å². The Morgan fingerprint density at radius 1 is 0.818 bits per heavy atom. The van der Waals surface area contributed by atoms with E-state index < -0.39 is 16.1 Å². The fraction of sp³-hybridized carbons (Fsp3) is 1.00. The van der Waals surface area contributed by atoms with E-state index in [1.54, 1.807) is 0 Å². The average Bonchev–Trinajstić information content (AvgIpc) is 1.59. The molecule has 0 aliphatic rings. The molecule has 4 heteroatoms. The molecule has 0 aromatic heterocycles. The summed E-state index contributed by atoms with van der Waals surface area (Å²) in [4.78, 5) is 0.847. The van der Waals surface area contributed by atoms with Crippen LogP contribution in [0.15, 0.2) is 0 Å². The number of rotatable bonds is 2. The van der Waals surface area contributed by atoms with Gasteiger partial charge >= 0.3 is 18.9 Å². The van der Waals surface area contributed by atoms with E-state index in [4.69, 9.17) is 0 Å². The van der Waals surface area contributed by atoms with E-state index in [0.717, 1.165) is 4.79 Å². The van der Waals surface area contributed by atoms with Gasteiger partial charge in [0.1, 0.15) is 0 Å². The quantitative estimate of drug-likeness (QED) is 0.530. The molecule has 0 nitrogen and oxygen atoms in total. The van der Waals surface area contributed by atoms with E-state index in [0.29, 0.717) is 0 Å². The molecule has 0 atom stereocenters. The van der Waals surface area contributed by atoms with Gasteiger partial charge in [-0.15, -0.1) is 0 Å². The Labute approximate surface area is 89.2 Å². The van der Waals surface area contributed by atoms with Crippen LogP contribution in [0.25, 0.3) is 0 Å². The van der Waals surface area contributed by atoms with Gasteiger partial charge in [-0.05, 0) is 0 Å². The van der Waals surface area contributed by atoms with Crippen molar-refractivity contribution in [3.05, 3.63) is 0 Å². The van der Waals surface area contributed by atoms with Crippen LogP contribution in [0.5, 0.6) is 0 Å². The second-order valence-electron chi connectivity index (χ2n) is 5.17. The van der Waals surface area contributed by atoms with Gasteiger partial charge in [0.25, 0.3) is 0 Å². The predicted octanol–water partition coefficient (Wildman–Crippen LogP) is -0.298. The van der Waals surface area contributed by atoms with Gasteiger partial charge in [-0.2, -0.15) is 0 Å². The first-order chi connectivity index (χ1) is 4.15. The first-order valence-corrected chi connectivity index (χ1v) is 11.6. The van der Waals surface area contributed by atoms with Crippen LogP contribution in [0.3, 0.4) is 0 Å². The van der Waals surface area contributed by atoms with E-state index in [-0.39, 0.29) is 18.9 Å². The van der Waals surface area contributed by atoms with E-state index in [9.17, 15) is 0 Å². The molecule has 0 saturated carbocycles. The molecule has 0 aromatic rings. The first kappa shape index (κ1) is 14.8. The maximum Gasteiger partial charge on any atom is 1.00 e. The zero-order chi connectivity index (χ0) is 8.58. The van der Waals surface area contributed by atoms with Gasteiger partial charge < -0.3 is 10.2 Å². The van der Waals surface area contributed by atoms with Crippen LogP contribution in [0.4, 0.5) is 0 Å². The molecular formula is C7H19LiSi3. The van der Waals surface area contributed by atoms with Crippen LogP contribution in [-0.4, -0.2) is 26.4 Å². The molecule has 0 aromatic carbocycles. The topological polar surface area (TPSA) is 0 Å². The maximum absolute atomic E-state index is 3.89. The third kappa shape index (κ3) is 5.48. The fourth-order valence-electron chi connectivity index (χ4n) is 1.30. The summed E-state index contributed by atoms with van der Waals surface area (Å²) < 4.78 is 0. The zero-order valence-electron chi connectivity index (χ0n) is 9.08. The molecule has 0 aliphatic carbocycles. The molecule has 0 rings (SSSR count). The van der Waals surface area contributed by atoms with Crippen LogP contribution in [0, 0.1) is 0 Å². The summed E-state index contributed by atoms with van der Waals surface area (Å²) in [5.74, 6) is 0. The monoisotopic (exact) mass is 194 g/mol. The van der Waals surface area contributed by atoms with Crippen molar-refractivity contribution < 1.29 is 18.9 Å². The van der Waals surface area contributed by atoms with Gasteiger partial charge in [-0.3, -0.25) is 0 Å². The molecule has 0 heterocycles. The number of hydrogen-bond donors (Lipinski definition) is 0. The molecule has 0 N–H and O–H groups in total. The molecule has 0 amide bonds. The van der Waals surface area contributed by atoms with Gasteiger partial charge in [-0.25, -0.2) is 4.79 Å². The largest absolute Gasteiger partial charge is 1.00 e. The minimum absolute atomic E-state index is 0. The van der Waals surface area contributed by atoms with Crippen molar-refractivity contribution >= 4 is 26.4 Å². The van der Waals surface area contributed by atoms with Crippen molar-refractivity contribution in [1.29, 1.82) is 0 Å². The van der Waals surface area contributed by atoms with Gasteiger partial charge in [0, 0.05) is 16.1 Å². The smallest absolute Gasteiger partial charge is 0.676 e. The second kappa shape index (κ2) is 4.47. The van der Waals surface area contributed by atoms with E-state index in [1.165, 1.54) is 0 Å². The van der Waals surface area contributed by atoms with E-state index in [1.807, 2.05) is 0 Å². The summed E-state index contributed by atoms with van der Waals surface area (Å²) in [6.07, 6.45) is 0. The van der Waals surface area contributed by atoms with Crippen LogP contribution < -0.4 is 18.9 Å². The maximum atomic E-state index is 3.89. The van der Waals surface area contributed by atoms with Crippen molar-refractivity contribution in [1.82, 2.24) is 0 Å². The molecular weight excluding hydrogens is 175 g/mol. The van der Waals surface area contributed by atoms with Crippen LogP contribution in [-0.2, 0) is 0 Å². The predicted molar refractivity (Wildman–Crippen MR) is 56.2 cm³/mol. The Morgan fingerprint density at radius 3 is 1.00 bits per heavy atom. The summed E-state index contributed by atoms with van der Waals surface area (Å²) in [5, 5.41) is 0. The molecule has 2 radical (unpaired) electrons. The minimum Gasteiger partial charge on any atom is -0.676 e. The van der Waals surface area contributed by atoms with Crippen molar-refractivity contribution in [3.8, 4) is 0 Å². The van der Waals surface area contributed by atoms with Crippen LogP contribution in [0.1, 0.15) is 0 Å². The Morgan fingerprint density at radius 2 is 1.00 bits per heavy atom. The van der Waals surface area contributed by atoms with E-state index >= 15 is 0 Å². The number of hydrogen-bond acceptors (Lipinski definition) is 0. The molecule has 0 spiro atoms. The van der Waals surface area contributed by atoms with Gasteiger partial charge in [0.2, 0.25) is 0 Å². The second-order valence-corrected chi connectivity index (χ2v) is 18.1. The molecule has 0 saturated heterocycles. The Bertz CT molecular complexity index is 97.8. The summed E-state index contributed by atoms with van der Waals surface area (Å²) in [5.41, 5.74) is 0. The molecule has 0 aliphatic heterocycles. The third-order valence-electron chi connectivity index (χ3n) is 1.73. The van der Waals surface area contributed by atoms with Crippen molar-refractivity contribution in [3.63, 3.8) is 0 Å².